The molecule has 0 amide bonds. The van der Waals surface area contributed by atoms with Crippen molar-refractivity contribution in [1.82, 2.24) is 9.97 Å². The maximum absolute atomic E-state index is 4.07. The summed E-state index contributed by atoms with van der Waals surface area (Å²) < 4.78 is 0. The molecule has 0 saturated heterocycles. The molecule has 0 aromatic carbocycles. The van der Waals surface area contributed by atoms with Crippen molar-refractivity contribution in [2.75, 3.05) is 0 Å². The summed E-state index contributed by atoms with van der Waals surface area (Å²) in [6.07, 6.45) is 7.41. The summed E-state index contributed by atoms with van der Waals surface area (Å²) in [6.45, 7) is 3.92. The summed E-state index contributed by atoms with van der Waals surface area (Å²) in [6, 6.07) is 0. The van der Waals surface area contributed by atoms with Crippen molar-refractivity contribution in [1.29, 1.82) is 0 Å². The fourth-order valence-electron chi connectivity index (χ4n) is 0.638. The van der Waals surface area contributed by atoms with E-state index in [0.717, 1.165) is 11.4 Å². The Morgan fingerprint density at radius 1 is 1.30 bits per heavy atom. The Hall–Kier alpha value is -1.18. The zero-order valence-electron chi connectivity index (χ0n) is 6.20. The highest BCUT2D eigenvalue weighted by Gasteiger charge is 1.86. The molecule has 1 aromatic rings. The van der Waals surface area contributed by atoms with E-state index in [2.05, 4.69) is 9.97 Å². The highest BCUT2D eigenvalue weighted by Crippen LogP contribution is 1.94. The van der Waals surface area contributed by atoms with Crippen molar-refractivity contribution < 1.29 is 0 Å². The Morgan fingerprint density at radius 2 is 1.90 bits per heavy atom. The lowest BCUT2D eigenvalue weighted by molar-refractivity contribution is 1.10. The smallest absolute Gasteiger partial charge is 0.151 e. The van der Waals surface area contributed by atoms with Crippen molar-refractivity contribution in [3.8, 4) is 0 Å². The number of hydrogen-bond donors (Lipinski definition) is 0. The van der Waals surface area contributed by atoms with Crippen LogP contribution in [0.4, 0.5) is 0 Å². The molecule has 0 atom stereocenters. The van der Waals surface area contributed by atoms with Gasteiger partial charge in [-0.05, 0) is 25.5 Å². The second-order valence-corrected chi connectivity index (χ2v) is 2.12. The van der Waals surface area contributed by atoms with Gasteiger partial charge in [-0.25, -0.2) is 9.97 Å². The van der Waals surface area contributed by atoms with E-state index in [-0.39, 0.29) is 0 Å². The Bertz CT molecular complexity index is 224. The molecule has 2 heteroatoms. The summed E-state index contributed by atoms with van der Waals surface area (Å²) in [5, 5.41) is 0. The maximum Gasteiger partial charge on any atom is 0.151 e. The van der Waals surface area contributed by atoms with Gasteiger partial charge in [0.25, 0.3) is 0 Å². The Kier molecular flexibility index (Phi) is 2.15. The molecule has 0 aliphatic rings. The molecule has 0 spiro atoms. The van der Waals surface area contributed by atoms with Gasteiger partial charge in [0.15, 0.2) is 5.82 Å². The van der Waals surface area contributed by atoms with Gasteiger partial charge in [-0.3, -0.25) is 0 Å². The maximum atomic E-state index is 4.07. The number of aromatic nitrogens is 2. The van der Waals surface area contributed by atoms with Crippen molar-refractivity contribution in [2.45, 2.75) is 13.8 Å². The standard InChI is InChI=1S/C8H10N2/c1-3-4-8-9-5-7(2)6-10-8/h3-6H,1-2H3. The molecule has 2 nitrogen and oxygen atoms in total. The first-order valence-electron chi connectivity index (χ1n) is 3.24. The third kappa shape index (κ3) is 1.65. The van der Waals surface area contributed by atoms with E-state index in [1.807, 2.05) is 38.4 Å². The lowest BCUT2D eigenvalue weighted by atomic mass is 10.4. The molecule has 0 aliphatic carbocycles. The highest BCUT2D eigenvalue weighted by atomic mass is 14.8. The summed E-state index contributed by atoms with van der Waals surface area (Å²) in [5.74, 6) is 0.771. The normalized spacial score (nSPS) is 10.6. The van der Waals surface area contributed by atoms with E-state index in [1.165, 1.54) is 0 Å². The van der Waals surface area contributed by atoms with Gasteiger partial charge in [0.2, 0.25) is 0 Å². The van der Waals surface area contributed by atoms with Crippen LogP contribution in [-0.2, 0) is 0 Å². The number of hydrogen-bond acceptors (Lipinski definition) is 2. The van der Waals surface area contributed by atoms with Gasteiger partial charge in [-0.15, -0.1) is 0 Å². The zero-order valence-corrected chi connectivity index (χ0v) is 6.20. The quantitative estimate of drug-likeness (QED) is 0.585. The minimum Gasteiger partial charge on any atom is -0.237 e. The first-order valence-corrected chi connectivity index (χ1v) is 3.24. The van der Waals surface area contributed by atoms with Gasteiger partial charge in [0.05, 0.1) is 0 Å². The minimum atomic E-state index is 0.771. The Labute approximate surface area is 60.6 Å². The van der Waals surface area contributed by atoms with Gasteiger partial charge in [0, 0.05) is 12.4 Å². The first kappa shape index (κ1) is 6.93. The molecule has 52 valence electrons. The van der Waals surface area contributed by atoms with Crippen LogP contribution in [0.3, 0.4) is 0 Å². The van der Waals surface area contributed by atoms with Gasteiger partial charge >= 0.3 is 0 Å². The number of nitrogens with zero attached hydrogens (tertiary/aromatic N) is 2. The molecule has 0 unspecified atom stereocenters. The molecule has 1 aromatic heterocycles. The minimum absolute atomic E-state index is 0.771. The van der Waals surface area contributed by atoms with Crippen molar-refractivity contribution >= 4 is 6.08 Å². The fraction of sp³-hybridized carbons (Fsp3) is 0.250. The van der Waals surface area contributed by atoms with E-state index in [1.54, 1.807) is 0 Å². The first-order chi connectivity index (χ1) is 4.83. The van der Waals surface area contributed by atoms with Crippen molar-refractivity contribution in [2.24, 2.45) is 0 Å². The molecule has 10 heavy (non-hydrogen) atoms. The van der Waals surface area contributed by atoms with Gasteiger partial charge in [-0.1, -0.05) is 6.08 Å². The van der Waals surface area contributed by atoms with Crippen molar-refractivity contribution in [3.63, 3.8) is 0 Å². The van der Waals surface area contributed by atoms with E-state index < -0.39 is 0 Å². The molecule has 0 N–H and O–H groups in total. The molecule has 0 aliphatic heterocycles. The predicted molar refractivity (Wildman–Crippen MR) is 41.5 cm³/mol. The molecule has 0 bridgehead atoms. The lowest BCUT2D eigenvalue weighted by Crippen LogP contribution is -1.85. The highest BCUT2D eigenvalue weighted by molar-refractivity contribution is 5.38. The summed E-state index contributed by atoms with van der Waals surface area (Å²) in [7, 11) is 0. The molecule has 1 rings (SSSR count). The molecule has 1 heterocycles. The lowest BCUT2D eigenvalue weighted by Gasteiger charge is -1.90. The van der Waals surface area contributed by atoms with E-state index in [0.29, 0.717) is 0 Å². The van der Waals surface area contributed by atoms with Crippen molar-refractivity contribution in [3.05, 3.63) is 29.9 Å². The van der Waals surface area contributed by atoms with Gasteiger partial charge < -0.3 is 0 Å². The van der Waals surface area contributed by atoms with E-state index >= 15 is 0 Å². The SMILES string of the molecule is CC=Cc1ncc(C)cn1. The van der Waals surface area contributed by atoms with E-state index in [4.69, 9.17) is 0 Å². The van der Waals surface area contributed by atoms with Gasteiger partial charge in [-0.2, -0.15) is 0 Å². The van der Waals surface area contributed by atoms with E-state index in [9.17, 15) is 0 Å². The van der Waals surface area contributed by atoms with Crippen LogP contribution >= 0.6 is 0 Å². The van der Waals surface area contributed by atoms with Crippen LogP contribution in [0, 0.1) is 6.92 Å². The third-order valence-corrected chi connectivity index (χ3v) is 1.12. The Morgan fingerprint density at radius 3 is 2.40 bits per heavy atom. The van der Waals surface area contributed by atoms with Gasteiger partial charge in [0.1, 0.15) is 0 Å². The zero-order chi connectivity index (χ0) is 7.40. The van der Waals surface area contributed by atoms with Crippen LogP contribution in [-0.4, -0.2) is 9.97 Å². The van der Waals surface area contributed by atoms with Crippen LogP contribution in [0.1, 0.15) is 18.3 Å². The van der Waals surface area contributed by atoms with Crippen LogP contribution in [0.2, 0.25) is 0 Å². The third-order valence-electron chi connectivity index (χ3n) is 1.12. The molecular formula is C8H10N2. The van der Waals surface area contributed by atoms with Crippen LogP contribution in [0.25, 0.3) is 6.08 Å². The summed E-state index contributed by atoms with van der Waals surface area (Å²) >= 11 is 0. The molecule has 0 saturated carbocycles. The second-order valence-electron chi connectivity index (χ2n) is 2.12. The molecule has 0 radical (unpaired) electrons. The van der Waals surface area contributed by atoms with Crippen LogP contribution in [0.5, 0.6) is 0 Å². The molecular weight excluding hydrogens is 124 g/mol. The van der Waals surface area contributed by atoms with Crippen LogP contribution in [0.15, 0.2) is 18.5 Å². The largest absolute Gasteiger partial charge is 0.237 e. The summed E-state index contributed by atoms with van der Waals surface area (Å²) in [5.41, 5.74) is 1.09. The molecule has 0 fully saturated rings. The Balaban J connectivity index is 2.89. The number of aryl methyl sites for hydroxylation is 1. The average Bonchev–Trinajstić information content (AvgIpc) is 1.95. The average molecular weight is 134 g/mol. The number of allylic oxidation sites excluding steroid dienone is 1. The van der Waals surface area contributed by atoms with Crippen LogP contribution < -0.4 is 0 Å². The monoisotopic (exact) mass is 134 g/mol. The fourth-order valence-corrected chi connectivity index (χ4v) is 0.638. The topological polar surface area (TPSA) is 25.8 Å². The number of rotatable bonds is 1. The second kappa shape index (κ2) is 3.11. The summed E-state index contributed by atoms with van der Waals surface area (Å²) in [4.78, 5) is 8.14. The predicted octanol–water partition coefficient (Wildman–Crippen LogP) is 1.82.